The minimum atomic E-state index is 0. The van der Waals surface area contributed by atoms with Crippen molar-refractivity contribution < 1.29 is 0 Å². The minimum absolute atomic E-state index is 0. The number of likely N-dealkylation sites (tertiary alicyclic amines) is 1. The van der Waals surface area contributed by atoms with Crippen LogP contribution in [0.4, 0.5) is 0 Å². The predicted molar refractivity (Wildman–Crippen MR) is 116 cm³/mol. The highest BCUT2D eigenvalue weighted by Gasteiger charge is 2.25. The van der Waals surface area contributed by atoms with Gasteiger partial charge in [0, 0.05) is 30.2 Å². The number of piperidine rings is 1. The third-order valence-corrected chi connectivity index (χ3v) is 5.95. The Hall–Kier alpha value is -2.10. The first-order valence-corrected chi connectivity index (χ1v) is 9.44. The summed E-state index contributed by atoms with van der Waals surface area (Å²) in [7, 11) is 0. The summed E-state index contributed by atoms with van der Waals surface area (Å²) in [6, 6.07) is 17.6. The summed E-state index contributed by atoms with van der Waals surface area (Å²) < 4.78 is 0. The SMILES string of the molecule is C.C.c1ccc2c(c1)CN(CN1CCC(c3c[nH]c4ccccc34)CC1)C2. The van der Waals surface area contributed by atoms with Crippen LogP contribution >= 0.6 is 0 Å². The monoisotopic (exact) mass is 363 g/mol. The van der Waals surface area contributed by atoms with Crippen LogP contribution in [0.15, 0.2) is 54.7 Å². The molecule has 3 heterocycles. The summed E-state index contributed by atoms with van der Waals surface area (Å²) >= 11 is 0. The van der Waals surface area contributed by atoms with Crippen LogP contribution < -0.4 is 0 Å². The smallest absolute Gasteiger partial charge is 0.0512 e. The van der Waals surface area contributed by atoms with Gasteiger partial charge in [-0.2, -0.15) is 0 Å². The topological polar surface area (TPSA) is 22.3 Å². The maximum atomic E-state index is 3.44. The van der Waals surface area contributed by atoms with Crippen molar-refractivity contribution in [3.8, 4) is 0 Å². The van der Waals surface area contributed by atoms with Crippen molar-refractivity contribution >= 4 is 10.9 Å². The summed E-state index contributed by atoms with van der Waals surface area (Å²) in [5.74, 6) is 0.697. The van der Waals surface area contributed by atoms with E-state index in [4.69, 9.17) is 0 Å². The van der Waals surface area contributed by atoms with Gasteiger partial charge in [-0.1, -0.05) is 57.3 Å². The quantitative estimate of drug-likeness (QED) is 0.655. The molecular formula is C24H33N3. The van der Waals surface area contributed by atoms with Gasteiger partial charge in [-0.25, -0.2) is 0 Å². The molecule has 0 atom stereocenters. The number of H-pyrrole nitrogens is 1. The molecule has 3 aromatic rings. The van der Waals surface area contributed by atoms with Crippen molar-refractivity contribution in [2.24, 2.45) is 0 Å². The molecule has 1 fully saturated rings. The molecule has 3 nitrogen and oxygen atoms in total. The predicted octanol–water partition coefficient (Wildman–Crippen LogP) is 5.59. The lowest BCUT2D eigenvalue weighted by molar-refractivity contribution is 0.106. The fourth-order valence-electron chi connectivity index (χ4n) is 4.60. The number of aromatic amines is 1. The molecule has 3 heteroatoms. The lowest BCUT2D eigenvalue weighted by Gasteiger charge is -2.34. The van der Waals surface area contributed by atoms with Gasteiger partial charge in [-0.3, -0.25) is 9.80 Å². The van der Waals surface area contributed by atoms with Crippen molar-refractivity contribution in [2.75, 3.05) is 19.8 Å². The van der Waals surface area contributed by atoms with Gasteiger partial charge in [0.25, 0.3) is 0 Å². The van der Waals surface area contributed by atoms with Crippen LogP contribution in [0.2, 0.25) is 0 Å². The van der Waals surface area contributed by atoms with Crippen molar-refractivity contribution in [1.82, 2.24) is 14.8 Å². The molecule has 0 unspecified atom stereocenters. The average Bonchev–Trinajstić information content (AvgIpc) is 3.26. The molecule has 2 aliphatic heterocycles. The van der Waals surface area contributed by atoms with Crippen molar-refractivity contribution in [3.63, 3.8) is 0 Å². The number of rotatable bonds is 3. The molecule has 2 aromatic carbocycles. The Kier molecular flexibility index (Phi) is 6.03. The molecule has 1 N–H and O–H groups in total. The zero-order chi connectivity index (χ0) is 16.6. The Labute approximate surface area is 164 Å². The van der Waals surface area contributed by atoms with Gasteiger partial charge >= 0.3 is 0 Å². The molecule has 0 spiro atoms. The van der Waals surface area contributed by atoms with E-state index in [1.165, 1.54) is 53.5 Å². The molecule has 2 aliphatic rings. The van der Waals surface area contributed by atoms with Crippen molar-refractivity contribution in [1.29, 1.82) is 0 Å². The molecule has 0 aliphatic carbocycles. The van der Waals surface area contributed by atoms with Crippen molar-refractivity contribution in [2.45, 2.75) is 46.7 Å². The molecule has 144 valence electrons. The van der Waals surface area contributed by atoms with E-state index >= 15 is 0 Å². The van der Waals surface area contributed by atoms with E-state index in [1.54, 1.807) is 0 Å². The first-order valence-electron chi connectivity index (χ1n) is 9.44. The van der Waals surface area contributed by atoms with Gasteiger partial charge in [0.05, 0.1) is 6.67 Å². The van der Waals surface area contributed by atoms with Crippen LogP contribution in [0.3, 0.4) is 0 Å². The number of fused-ring (bicyclic) bond motifs is 2. The fourth-order valence-corrected chi connectivity index (χ4v) is 4.60. The molecule has 0 amide bonds. The van der Waals surface area contributed by atoms with E-state index in [0.29, 0.717) is 5.92 Å². The second-order valence-electron chi connectivity index (χ2n) is 7.58. The van der Waals surface area contributed by atoms with E-state index in [1.807, 2.05) is 0 Å². The summed E-state index contributed by atoms with van der Waals surface area (Å²) in [4.78, 5) is 8.66. The number of hydrogen-bond donors (Lipinski definition) is 1. The molecule has 1 aromatic heterocycles. The molecule has 0 saturated carbocycles. The number of nitrogens with one attached hydrogen (secondary N) is 1. The highest BCUT2D eigenvalue weighted by atomic mass is 15.3. The number of benzene rings is 2. The molecule has 1 saturated heterocycles. The second-order valence-corrected chi connectivity index (χ2v) is 7.58. The molecular weight excluding hydrogens is 330 g/mol. The Morgan fingerprint density at radius 1 is 0.815 bits per heavy atom. The Morgan fingerprint density at radius 2 is 1.44 bits per heavy atom. The van der Waals surface area contributed by atoms with E-state index in [-0.39, 0.29) is 14.9 Å². The van der Waals surface area contributed by atoms with Gasteiger partial charge in [0.15, 0.2) is 0 Å². The maximum absolute atomic E-state index is 3.44. The number of hydrogen-bond acceptors (Lipinski definition) is 2. The van der Waals surface area contributed by atoms with Crippen LogP contribution in [-0.2, 0) is 13.1 Å². The first kappa shape index (κ1) is 19.7. The van der Waals surface area contributed by atoms with Crippen LogP contribution in [0.1, 0.15) is 50.3 Å². The normalized spacial score (nSPS) is 18.1. The van der Waals surface area contributed by atoms with Gasteiger partial charge in [-0.05, 0) is 54.6 Å². The number of para-hydroxylation sites is 1. The summed E-state index contributed by atoms with van der Waals surface area (Å²) in [6.45, 7) is 5.74. The van der Waals surface area contributed by atoms with Crippen LogP contribution in [0, 0.1) is 0 Å². The molecule has 0 radical (unpaired) electrons. The third kappa shape index (κ3) is 3.80. The molecule has 27 heavy (non-hydrogen) atoms. The van der Waals surface area contributed by atoms with E-state index in [2.05, 4.69) is 69.5 Å². The minimum Gasteiger partial charge on any atom is -0.361 e. The first-order chi connectivity index (χ1) is 12.4. The van der Waals surface area contributed by atoms with Gasteiger partial charge in [-0.15, -0.1) is 0 Å². The molecule has 0 bridgehead atoms. The lowest BCUT2D eigenvalue weighted by Crippen LogP contribution is -2.40. The zero-order valence-electron chi connectivity index (χ0n) is 14.6. The zero-order valence-corrected chi connectivity index (χ0v) is 14.6. The standard InChI is InChI=1S/C22H25N3.2CH4/c1-2-6-19-15-25(14-18(19)5-1)16-24-11-9-17(10-12-24)21-13-23-22-8-4-3-7-20(21)22;;/h1-8,13,17,23H,9-12,14-16H2;2*1H4. The highest BCUT2D eigenvalue weighted by Crippen LogP contribution is 2.33. The lowest BCUT2D eigenvalue weighted by atomic mass is 9.89. The summed E-state index contributed by atoms with van der Waals surface area (Å²) in [5.41, 5.74) is 5.81. The highest BCUT2D eigenvalue weighted by molar-refractivity contribution is 5.83. The van der Waals surface area contributed by atoms with Crippen LogP contribution in [0.25, 0.3) is 10.9 Å². The Balaban J connectivity index is 0.00000105. The Morgan fingerprint density at radius 3 is 2.15 bits per heavy atom. The largest absolute Gasteiger partial charge is 0.361 e. The second kappa shape index (κ2) is 8.28. The van der Waals surface area contributed by atoms with Crippen molar-refractivity contribution in [3.05, 3.63) is 71.4 Å². The molecule has 5 rings (SSSR count). The summed E-state index contributed by atoms with van der Waals surface area (Å²) in [5, 5.41) is 1.41. The van der Waals surface area contributed by atoms with Gasteiger partial charge in [0.2, 0.25) is 0 Å². The maximum Gasteiger partial charge on any atom is 0.0512 e. The average molecular weight is 364 g/mol. The fraction of sp³-hybridized carbons (Fsp3) is 0.417. The third-order valence-electron chi connectivity index (χ3n) is 5.95. The number of aromatic nitrogens is 1. The van der Waals surface area contributed by atoms with Crippen LogP contribution in [0.5, 0.6) is 0 Å². The van der Waals surface area contributed by atoms with E-state index < -0.39 is 0 Å². The number of nitrogens with zero attached hydrogens (tertiary/aromatic N) is 2. The van der Waals surface area contributed by atoms with Gasteiger partial charge < -0.3 is 4.98 Å². The van der Waals surface area contributed by atoms with Crippen LogP contribution in [-0.4, -0.2) is 34.5 Å². The van der Waals surface area contributed by atoms with E-state index in [0.717, 1.165) is 19.8 Å². The Bertz CT molecular complexity index is 849. The van der Waals surface area contributed by atoms with Gasteiger partial charge in [0.1, 0.15) is 0 Å². The summed E-state index contributed by atoms with van der Waals surface area (Å²) in [6.07, 6.45) is 4.77. The van der Waals surface area contributed by atoms with E-state index in [9.17, 15) is 0 Å².